The molecule has 0 saturated heterocycles. The number of carbonyl (C=O) groups excluding carboxylic acids is 2. The summed E-state index contributed by atoms with van der Waals surface area (Å²) in [5.74, 6) is -0.234. The van der Waals surface area contributed by atoms with Crippen molar-refractivity contribution in [3.8, 4) is 0 Å². The van der Waals surface area contributed by atoms with Gasteiger partial charge in [-0.2, -0.15) is 0 Å². The van der Waals surface area contributed by atoms with Crippen LogP contribution in [0.5, 0.6) is 0 Å². The Kier molecular flexibility index (Phi) is 5.69. The van der Waals surface area contributed by atoms with Gasteiger partial charge < -0.3 is 5.32 Å². The van der Waals surface area contributed by atoms with Crippen molar-refractivity contribution in [2.24, 2.45) is 0 Å². The van der Waals surface area contributed by atoms with Crippen LogP contribution in [0.4, 0.5) is 0 Å². The molecule has 0 atom stereocenters. The van der Waals surface area contributed by atoms with Crippen molar-refractivity contribution in [2.75, 3.05) is 6.54 Å². The van der Waals surface area contributed by atoms with Gasteiger partial charge in [-0.1, -0.05) is 47.6 Å². The Morgan fingerprint density at radius 3 is 2.43 bits per heavy atom. The predicted octanol–water partition coefficient (Wildman–Crippen LogP) is 4.23. The van der Waals surface area contributed by atoms with Crippen LogP contribution in [0.15, 0.2) is 59.3 Å². The SMILES string of the molecule is CC(C)=CCCC(C)=CCNC1=CC(=O)c2ccccc2C1=O. The third-order valence-corrected chi connectivity index (χ3v) is 3.79. The van der Waals surface area contributed by atoms with Crippen LogP contribution >= 0.6 is 0 Å². The monoisotopic (exact) mass is 309 g/mol. The maximum atomic E-state index is 12.4. The summed E-state index contributed by atoms with van der Waals surface area (Å²) in [6.45, 7) is 6.82. The molecule has 0 aromatic heterocycles. The van der Waals surface area contributed by atoms with E-state index in [1.165, 1.54) is 17.2 Å². The topological polar surface area (TPSA) is 46.2 Å². The number of Topliss-reactive ketones (excluding diaryl/α,β-unsaturated/α-hetero) is 1. The number of rotatable bonds is 6. The van der Waals surface area contributed by atoms with Crippen LogP contribution in [-0.4, -0.2) is 18.1 Å². The summed E-state index contributed by atoms with van der Waals surface area (Å²) in [5, 5.41) is 3.07. The van der Waals surface area contributed by atoms with Gasteiger partial charge in [0.25, 0.3) is 0 Å². The summed E-state index contributed by atoms with van der Waals surface area (Å²) in [6.07, 6.45) is 7.71. The molecule has 0 amide bonds. The van der Waals surface area contributed by atoms with Gasteiger partial charge in [0.2, 0.25) is 5.78 Å². The van der Waals surface area contributed by atoms with Crippen molar-refractivity contribution in [3.05, 3.63) is 70.5 Å². The largest absolute Gasteiger partial charge is 0.378 e. The molecule has 0 aliphatic heterocycles. The molecule has 1 aromatic rings. The van der Waals surface area contributed by atoms with Crippen LogP contribution in [0.2, 0.25) is 0 Å². The molecular formula is C20H23NO2. The molecular weight excluding hydrogens is 286 g/mol. The quantitative estimate of drug-likeness (QED) is 0.800. The highest BCUT2D eigenvalue weighted by atomic mass is 16.1. The minimum Gasteiger partial charge on any atom is -0.378 e. The Labute approximate surface area is 137 Å². The molecule has 0 radical (unpaired) electrons. The lowest BCUT2D eigenvalue weighted by Gasteiger charge is -2.15. The molecule has 0 saturated carbocycles. The number of nitrogens with one attached hydrogen (secondary N) is 1. The average molecular weight is 309 g/mol. The molecule has 0 unspecified atom stereocenters. The third kappa shape index (κ3) is 4.52. The summed E-state index contributed by atoms with van der Waals surface area (Å²) >= 11 is 0. The normalized spacial score (nSPS) is 14.2. The van der Waals surface area contributed by atoms with Crippen LogP contribution < -0.4 is 5.32 Å². The standard InChI is InChI=1S/C20H23NO2/c1-14(2)7-6-8-15(3)11-12-21-18-13-19(22)16-9-4-5-10-17(16)20(18)23/h4-5,7,9-11,13,21H,6,8,12H2,1-3H3. The zero-order chi connectivity index (χ0) is 16.8. The Morgan fingerprint density at radius 1 is 1.04 bits per heavy atom. The Morgan fingerprint density at radius 2 is 1.74 bits per heavy atom. The lowest BCUT2D eigenvalue weighted by atomic mass is 9.93. The van der Waals surface area contributed by atoms with E-state index in [1.54, 1.807) is 24.3 Å². The minimum absolute atomic E-state index is 0.115. The lowest BCUT2D eigenvalue weighted by Crippen LogP contribution is -2.27. The molecule has 23 heavy (non-hydrogen) atoms. The van der Waals surface area contributed by atoms with E-state index in [-0.39, 0.29) is 11.6 Å². The van der Waals surface area contributed by atoms with Crippen molar-refractivity contribution in [2.45, 2.75) is 33.6 Å². The molecule has 3 heteroatoms. The predicted molar refractivity (Wildman–Crippen MR) is 93.6 cm³/mol. The fourth-order valence-electron chi connectivity index (χ4n) is 2.47. The van der Waals surface area contributed by atoms with Gasteiger partial charge in [0.05, 0.1) is 5.70 Å². The van der Waals surface area contributed by atoms with E-state index in [0.29, 0.717) is 23.4 Å². The Hall–Kier alpha value is -2.42. The number of ketones is 2. The lowest BCUT2D eigenvalue weighted by molar-refractivity contribution is 0.0979. The molecule has 3 nitrogen and oxygen atoms in total. The number of hydrogen-bond donors (Lipinski definition) is 1. The molecule has 1 N–H and O–H groups in total. The van der Waals surface area contributed by atoms with Gasteiger partial charge in [0, 0.05) is 23.7 Å². The van der Waals surface area contributed by atoms with E-state index in [0.717, 1.165) is 12.8 Å². The first-order valence-electron chi connectivity index (χ1n) is 7.91. The van der Waals surface area contributed by atoms with Gasteiger partial charge in [-0.05, 0) is 33.6 Å². The van der Waals surface area contributed by atoms with Gasteiger partial charge in [0.1, 0.15) is 0 Å². The van der Waals surface area contributed by atoms with Crippen LogP contribution in [0.25, 0.3) is 0 Å². The highest BCUT2D eigenvalue weighted by Gasteiger charge is 2.24. The number of carbonyl (C=O) groups is 2. The molecule has 120 valence electrons. The van der Waals surface area contributed by atoms with Crippen molar-refractivity contribution >= 4 is 11.6 Å². The molecule has 0 fully saturated rings. The molecule has 1 aliphatic carbocycles. The summed E-state index contributed by atoms with van der Waals surface area (Å²) < 4.78 is 0. The number of fused-ring (bicyclic) bond motifs is 1. The van der Waals surface area contributed by atoms with E-state index in [4.69, 9.17) is 0 Å². The van der Waals surface area contributed by atoms with Gasteiger partial charge in [0.15, 0.2) is 5.78 Å². The van der Waals surface area contributed by atoms with E-state index in [2.05, 4.69) is 38.2 Å². The Balaban J connectivity index is 1.95. The van der Waals surface area contributed by atoms with E-state index in [9.17, 15) is 9.59 Å². The first kappa shape index (κ1) is 16.9. The highest BCUT2D eigenvalue weighted by molar-refractivity contribution is 6.24. The second-order valence-corrected chi connectivity index (χ2v) is 6.05. The number of benzene rings is 1. The summed E-state index contributed by atoms with van der Waals surface area (Å²) in [7, 11) is 0. The Bertz CT molecular complexity index is 704. The van der Waals surface area contributed by atoms with Gasteiger partial charge >= 0.3 is 0 Å². The number of hydrogen-bond acceptors (Lipinski definition) is 3. The molecule has 1 aromatic carbocycles. The van der Waals surface area contributed by atoms with Crippen molar-refractivity contribution in [1.82, 2.24) is 5.32 Å². The summed E-state index contributed by atoms with van der Waals surface area (Å²) in [5.41, 5.74) is 3.93. The van der Waals surface area contributed by atoms with Crippen LogP contribution in [0.3, 0.4) is 0 Å². The zero-order valence-electron chi connectivity index (χ0n) is 14.0. The first-order valence-corrected chi connectivity index (χ1v) is 7.91. The average Bonchev–Trinajstić information content (AvgIpc) is 2.52. The summed E-state index contributed by atoms with van der Waals surface area (Å²) in [4.78, 5) is 24.4. The fraction of sp³-hybridized carbons (Fsp3) is 0.300. The van der Waals surface area contributed by atoms with Gasteiger partial charge in [-0.15, -0.1) is 0 Å². The second-order valence-electron chi connectivity index (χ2n) is 6.05. The van der Waals surface area contributed by atoms with E-state index >= 15 is 0 Å². The fourth-order valence-corrected chi connectivity index (χ4v) is 2.47. The van der Waals surface area contributed by atoms with Crippen LogP contribution in [0, 0.1) is 0 Å². The highest BCUT2D eigenvalue weighted by Crippen LogP contribution is 2.19. The van der Waals surface area contributed by atoms with Gasteiger partial charge in [-0.25, -0.2) is 0 Å². The van der Waals surface area contributed by atoms with E-state index < -0.39 is 0 Å². The van der Waals surface area contributed by atoms with E-state index in [1.807, 2.05) is 0 Å². The number of allylic oxidation sites excluding steroid dienone is 5. The maximum Gasteiger partial charge on any atom is 0.209 e. The first-order chi connectivity index (χ1) is 11.0. The molecule has 1 aliphatic rings. The van der Waals surface area contributed by atoms with Crippen molar-refractivity contribution < 1.29 is 9.59 Å². The van der Waals surface area contributed by atoms with Gasteiger partial charge in [-0.3, -0.25) is 9.59 Å². The molecule has 0 heterocycles. The zero-order valence-corrected chi connectivity index (χ0v) is 14.0. The molecule has 2 rings (SSSR count). The molecule has 0 bridgehead atoms. The third-order valence-electron chi connectivity index (χ3n) is 3.79. The van der Waals surface area contributed by atoms with Crippen LogP contribution in [0.1, 0.15) is 54.3 Å². The van der Waals surface area contributed by atoms with Crippen molar-refractivity contribution in [1.29, 1.82) is 0 Å². The maximum absolute atomic E-state index is 12.4. The minimum atomic E-state index is -0.119. The van der Waals surface area contributed by atoms with Crippen LogP contribution in [-0.2, 0) is 0 Å². The summed E-state index contributed by atoms with van der Waals surface area (Å²) in [6, 6.07) is 6.94. The second kappa shape index (κ2) is 7.73. The smallest absolute Gasteiger partial charge is 0.209 e. The van der Waals surface area contributed by atoms with Crippen molar-refractivity contribution in [3.63, 3.8) is 0 Å². The molecule has 0 spiro atoms.